The summed E-state index contributed by atoms with van der Waals surface area (Å²) >= 11 is 0. The van der Waals surface area contributed by atoms with Gasteiger partial charge in [-0.25, -0.2) is 0 Å². The van der Waals surface area contributed by atoms with Crippen LogP contribution in [0.3, 0.4) is 0 Å². The van der Waals surface area contributed by atoms with Crippen LogP contribution in [0.25, 0.3) is 0 Å². The van der Waals surface area contributed by atoms with Crippen molar-refractivity contribution in [2.75, 3.05) is 40.9 Å². The van der Waals surface area contributed by atoms with Crippen LogP contribution < -0.4 is 10.2 Å². The third kappa shape index (κ3) is 50.8. The Labute approximate surface area is 411 Å². The molecular weight excluding hydrogens is 840 g/mol. The molecule has 0 radical (unpaired) electrons. The van der Waals surface area contributed by atoms with Gasteiger partial charge in [0.2, 0.25) is 5.91 Å². The van der Waals surface area contributed by atoms with Crippen LogP contribution in [0.2, 0.25) is 0 Å². The summed E-state index contributed by atoms with van der Waals surface area (Å²) in [5.41, 5.74) is 0. The predicted octanol–water partition coefficient (Wildman–Crippen LogP) is 16.6. The van der Waals surface area contributed by atoms with Crippen LogP contribution >= 0.6 is 7.82 Å². The highest BCUT2D eigenvalue weighted by Gasteiger charge is 2.23. The van der Waals surface area contributed by atoms with Gasteiger partial charge in [-0.15, -0.1) is 0 Å². The number of unbranched alkanes of at least 4 members (excludes halogenated alkanes) is 38. The summed E-state index contributed by atoms with van der Waals surface area (Å²) in [5.74, 6) is -0.201. The van der Waals surface area contributed by atoms with Crippen molar-refractivity contribution in [3.8, 4) is 0 Å². The number of amides is 1. The van der Waals surface area contributed by atoms with E-state index in [0.717, 1.165) is 38.5 Å². The number of phosphoric ester groups is 1. The first-order valence-electron chi connectivity index (χ1n) is 28.7. The van der Waals surface area contributed by atoms with E-state index < -0.39 is 20.0 Å². The maximum atomic E-state index is 12.9. The van der Waals surface area contributed by atoms with Crippen molar-refractivity contribution in [1.82, 2.24) is 5.32 Å². The number of hydrogen-bond donors (Lipinski definition) is 2. The van der Waals surface area contributed by atoms with Crippen LogP contribution in [-0.2, 0) is 18.4 Å². The Hall–Kier alpha value is -1.02. The van der Waals surface area contributed by atoms with Crippen molar-refractivity contribution >= 4 is 13.7 Å². The van der Waals surface area contributed by atoms with Crippen molar-refractivity contribution in [2.24, 2.45) is 0 Å². The SMILES string of the molecule is CCCCCCCCCCCCC/C=C/CC/C=C/C(O)C(COP(=O)([O-])OCC[N+](C)(C)C)NC(=O)CCCCCCCCCCCCCCCCCCCCCCCCCCCCC. The minimum Gasteiger partial charge on any atom is -0.756 e. The third-order valence-electron chi connectivity index (χ3n) is 13.2. The van der Waals surface area contributed by atoms with E-state index in [9.17, 15) is 19.4 Å². The van der Waals surface area contributed by atoms with Gasteiger partial charge in [0.15, 0.2) is 0 Å². The van der Waals surface area contributed by atoms with Gasteiger partial charge in [0.25, 0.3) is 7.82 Å². The van der Waals surface area contributed by atoms with Gasteiger partial charge in [-0.1, -0.05) is 269 Å². The molecule has 66 heavy (non-hydrogen) atoms. The van der Waals surface area contributed by atoms with E-state index in [2.05, 4.69) is 31.3 Å². The molecular formula is C57H113N2O6P. The quantitative estimate of drug-likeness (QED) is 0.0272. The molecule has 3 unspecified atom stereocenters. The highest BCUT2D eigenvalue weighted by molar-refractivity contribution is 7.45. The summed E-state index contributed by atoms with van der Waals surface area (Å²) in [6, 6.07) is -0.899. The molecule has 3 atom stereocenters. The highest BCUT2D eigenvalue weighted by Crippen LogP contribution is 2.38. The van der Waals surface area contributed by atoms with Crippen LogP contribution in [0.15, 0.2) is 24.3 Å². The first-order chi connectivity index (χ1) is 32.0. The Morgan fingerprint density at radius 2 is 0.848 bits per heavy atom. The monoisotopic (exact) mass is 953 g/mol. The minimum absolute atomic E-state index is 0.00381. The number of aliphatic hydroxyl groups is 1. The van der Waals surface area contributed by atoms with Gasteiger partial charge in [-0.3, -0.25) is 9.36 Å². The topological polar surface area (TPSA) is 108 Å². The van der Waals surface area contributed by atoms with E-state index in [0.29, 0.717) is 17.4 Å². The molecule has 9 heteroatoms. The summed E-state index contributed by atoms with van der Waals surface area (Å²) < 4.78 is 23.3. The molecule has 8 nitrogen and oxygen atoms in total. The molecule has 392 valence electrons. The molecule has 0 heterocycles. The lowest BCUT2D eigenvalue weighted by molar-refractivity contribution is -0.870. The van der Waals surface area contributed by atoms with Gasteiger partial charge in [-0.05, 0) is 32.1 Å². The number of carbonyl (C=O) groups excluding carboxylic acids is 1. The lowest BCUT2D eigenvalue weighted by Crippen LogP contribution is -2.45. The van der Waals surface area contributed by atoms with Crippen molar-refractivity contribution in [2.45, 2.75) is 296 Å². The molecule has 0 aliphatic carbocycles. The predicted molar refractivity (Wildman–Crippen MR) is 284 cm³/mol. The number of rotatable bonds is 53. The first kappa shape index (κ1) is 65.0. The smallest absolute Gasteiger partial charge is 0.268 e. The largest absolute Gasteiger partial charge is 0.756 e. The molecule has 0 saturated heterocycles. The maximum Gasteiger partial charge on any atom is 0.268 e. The van der Waals surface area contributed by atoms with Crippen LogP contribution in [0.5, 0.6) is 0 Å². The van der Waals surface area contributed by atoms with E-state index >= 15 is 0 Å². The van der Waals surface area contributed by atoms with Gasteiger partial charge in [-0.2, -0.15) is 0 Å². The molecule has 0 fully saturated rings. The zero-order chi connectivity index (χ0) is 48.5. The Balaban J connectivity index is 4.15. The lowest BCUT2D eigenvalue weighted by atomic mass is 10.0. The third-order valence-corrected chi connectivity index (χ3v) is 14.1. The fourth-order valence-electron chi connectivity index (χ4n) is 8.64. The lowest BCUT2D eigenvalue weighted by Gasteiger charge is -2.29. The summed E-state index contributed by atoms with van der Waals surface area (Å²) in [7, 11) is 1.26. The number of allylic oxidation sites excluding steroid dienone is 3. The van der Waals surface area contributed by atoms with Gasteiger partial charge in [0.05, 0.1) is 39.9 Å². The first-order valence-corrected chi connectivity index (χ1v) is 30.2. The number of aliphatic hydroxyl groups excluding tert-OH is 1. The number of carbonyl (C=O) groups is 1. The summed E-state index contributed by atoms with van der Waals surface area (Å²) in [4.78, 5) is 25.5. The fourth-order valence-corrected chi connectivity index (χ4v) is 9.37. The molecule has 0 aliphatic heterocycles. The minimum atomic E-state index is -4.60. The van der Waals surface area contributed by atoms with Gasteiger partial charge < -0.3 is 28.8 Å². The summed E-state index contributed by atoms with van der Waals surface area (Å²) in [6.45, 7) is 4.67. The normalized spacial score (nSPS) is 14.1. The molecule has 0 saturated carbocycles. The number of hydrogen-bond acceptors (Lipinski definition) is 6. The van der Waals surface area contributed by atoms with E-state index in [-0.39, 0.29) is 19.1 Å². The van der Waals surface area contributed by atoms with Crippen LogP contribution in [-0.4, -0.2) is 68.5 Å². The second-order valence-electron chi connectivity index (χ2n) is 21.0. The second kappa shape index (κ2) is 49.0. The number of nitrogens with one attached hydrogen (secondary N) is 1. The molecule has 0 rings (SSSR count). The molecule has 2 N–H and O–H groups in total. The van der Waals surface area contributed by atoms with Crippen molar-refractivity contribution in [3.05, 3.63) is 24.3 Å². The van der Waals surface area contributed by atoms with E-state index in [1.165, 1.54) is 225 Å². The van der Waals surface area contributed by atoms with Crippen molar-refractivity contribution in [1.29, 1.82) is 0 Å². The number of likely N-dealkylation sites (N-methyl/N-ethyl adjacent to an activating group) is 1. The highest BCUT2D eigenvalue weighted by atomic mass is 31.2. The van der Waals surface area contributed by atoms with Crippen LogP contribution in [0.4, 0.5) is 0 Å². The van der Waals surface area contributed by atoms with Gasteiger partial charge in [0.1, 0.15) is 13.2 Å². The Morgan fingerprint density at radius 1 is 0.515 bits per heavy atom. The Kier molecular flexibility index (Phi) is 48.2. The van der Waals surface area contributed by atoms with E-state index in [1.807, 2.05) is 27.2 Å². The molecule has 0 aliphatic rings. The van der Waals surface area contributed by atoms with Gasteiger partial charge >= 0.3 is 0 Å². The molecule has 0 aromatic rings. The molecule has 0 bridgehead atoms. The van der Waals surface area contributed by atoms with Crippen molar-refractivity contribution < 1.29 is 32.9 Å². The average Bonchev–Trinajstić information content (AvgIpc) is 3.28. The molecule has 0 spiro atoms. The standard InChI is InChI=1S/C57H113N2O6P/c1-6-8-10-12-14-16-18-20-22-24-25-26-27-28-29-30-31-32-33-35-37-39-41-43-45-47-49-51-57(61)58-55(54-65-66(62,63)64-53-52-59(3,4)5)56(60)50-48-46-44-42-40-38-36-34-23-21-19-17-15-13-11-9-7-2/h40,42,48,50,55-56,60H,6-39,41,43-47,49,51-54H2,1-5H3,(H-,58,61,62,63)/b42-40+,50-48+. The Bertz CT molecular complexity index is 1130. The zero-order valence-electron chi connectivity index (χ0n) is 44.7. The zero-order valence-corrected chi connectivity index (χ0v) is 45.6. The van der Waals surface area contributed by atoms with Crippen molar-refractivity contribution in [3.63, 3.8) is 0 Å². The summed E-state index contributed by atoms with van der Waals surface area (Å²) in [6.07, 6.45) is 61.2. The molecule has 0 aromatic heterocycles. The number of quaternary nitrogens is 1. The molecule has 1 amide bonds. The van der Waals surface area contributed by atoms with E-state index in [4.69, 9.17) is 9.05 Å². The maximum absolute atomic E-state index is 12.9. The van der Waals surface area contributed by atoms with Crippen LogP contribution in [0, 0.1) is 0 Å². The second-order valence-corrected chi connectivity index (χ2v) is 22.4. The fraction of sp³-hybridized carbons (Fsp3) is 0.912. The van der Waals surface area contributed by atoms with E-state index in [1.54, 1.807) is 6.08 Å². The summed E-state index contributed by atoms with van der Waals surface area (Å²) in [5, 5.41) is 13.9. The molecule has 0 aromatic carbocycles. The average molecular weight is 954 g/mol. The number of phosphoric acid groups is 1. The number of nitrogens with zero attached hydrogens (tertiary/aromatic N) is 1. The van der Waals surface area contributed by atoms with Crippen LogP contribution in [0.1, 0.15) is 284 Å². The Morgan fingerprint density at radius 3 is 1.23 bits per heavy atom. The van der Waals surface area contributed by atoms with Gasteiger partial charge in [0, 0.05) is 6.42 Å².